The van der Waals surface area contributed by atoms with Crippen LogP contribution in [0.4, 0.5) is 0 Å². The summed E-state index contributed by atoms with van der Waals surface area (Å²) in [7, 11) is 6.17. The lowest BCUT2D eigenvalue weighted by Gasteiger charge is -2.33. The minimum atomic E-state index is -0.761. The molecule has 0 aromatic heterocycles. The normalized spacial score (nSPS) is 27.1. The van der Waals surface area contributed by atoms with Crippen molar-refractivity contribution < 1.29 is 9.84 Å². The highest BCUT2D eigenvalue weighted by molar-refractivity contribution is 5.16. The van der Waals surface area contributed by atoms with Crippen molar-refractivity contribution in [3.8, 4) is 0 Å². The summed E-state index contributed by atoms with van der Waals surface area (Å²) in [6.45, 7) is 4.48. The maximum absolute atomic E-state index is 10.3. The molecule has 0 radical (unpaired) electrons. The maximum atomic E-state index is 10.3. The lowest BCUT2D eigenvalue weighted by atomic mass is 9.98. The van der Waals surface area contributed by atoms with E-state index in [1.54, 1.807) is 0 Å². The fraction of sp³-hybridized carbons (Fsp3) is 0.867. The van der Waals surface area contributed by atoms with E-state index >= 15 is 0 Å². The topological polar surface area (TPSA) is 39.2 Å². The Hall–Kier alpha value is -0.460. The molecule has 0 amide bonds. The zero-order valence-electron chi connectivity index (χ0n) is 13.1. The number of rotatable bonds is 6. The second-order valence-electron chi connectivity index (χ2n) is 6.19. The number of aliphatic hydroxyl groups is 1. The first kappa shape index (κ1) is 15.9. The highest BCUT2D eigenvalue weighted by atomic mass is 16.6. The van der Waals surface area contributed by atoms with Crippen molar-refractivity contribution in [1.82, 2.24) is 14.7 Å². The highest BCUT2D eigenvalue weighted by Crippen LogP contribution is 2.28. The van der Waals surface area contributed by atoms with Crippen LogP contribution in [0.3, 0.4) is 0 Å². The Balaban J connectivity index is 1.86. The number of hydrogen-bond acceptors (Lipinski definition) is 5. The average Bonchev–Trinajstić information content (AvgIpc) is 2.88. The molecule has 2 rings (SSSR count). The molecule has 20 heavy (non-hydrogen) atoms. The molecule has 0 aromatic rings. The van der Waals surface area contributed by atoms with Gasteiger partial charge in [0.05, 0.1) is 6.61 Å². The molecule has 0 spiro atoms. The van der Waals surface area contributed by atoms with Gasteiger partial charge in [-0.25, -0.2) is 4.90 Å². The van der Waals surface area contributed by atoms with Gasteiger partial charge in [0.25, 0.3) is 0 Å². The summed E-state index contributed by atoms with van der Waals surface area (Å²) in [4.78, 5) is 6.51. The third-order valence-electron chi connectivity index (χ3n) is 4.26. The number of likely N-dealkylation sites (N-methyl/N-ethyl adjacent to an activating group) is 2. The third kappa shape index (κ3) is 4.27. The number of likely N-dealkylation sites (tertiary alicyclic amines) is 1. The molecule has 0 aromatic carbocycles. The molecular weight excluding hydrogens is 254 g/mol. The van der Waals surface area contributed by atoms with E-state index in [-0.39, 0.29) is 0 Å². The predicted molar refractivity (Wildman–Crippen MR) is 80.4 cm³/mol. The van der Waals surface area contributed by atoms with E-state index < -0.39 is 6.41 Å². The van der Waals surface area contributed by atoms with E-state index in [4.69, 9.17) is 4.74 Å². The van der Waals surface area contributed by atoms with Gasteiger partial charge >= 0.3 is 0 Å². The van der Waals surface area contributed by atoms with Crippen LogP contribution in [-0.4, -0.2) is 86.2 Å². The van der Waals surface area contributed by atoms with E-state index in [0.29, 0.717) is 12.6 Å². The molecule has 2 heterocycles. The molecule has 0 aliphatic carbocycles. The van der Waals surface area contributed by atoms with Crippen LogP contribution >= 0.6 is 0 Å². The molecule has 116 valence electrons. The quantitative estimate of drug-likeness (QED) is 0.570. The van der Waals surface area contributed by atoms with Crippen LogP contribution < -0.4 is 0 Å². The molecule has 1 N–H and O–H groups in total. The molecule has 2 atom stereocenters. The molecule has 0 bridgehead atoms. The Kier molecular flexibility index (Phi) is 5.99. The lowest BCUT2D eigenvalue weighted by Crippen LogP contribution is -2.43. The highest BCUT2D eigenvalue weighted by Gasteiger charge is 2.33. The van der Waals surface area contributed by atoms with Crippen molar-refractivity contribution in [2.75, 3.05) is 53.9 Å². The molecule has 5 heteroatoms. The Morgan fingerprint density at radius 3 is 2.90 bits per heavy atom. The Morgan fingerprint density at radius 2 is 2.25 bits per heavy atom. The summed E-state index contributed by atoms with van der Waals surface area (Å²) in [5.41, 5.74) is 1.48. The second-order valence-corrected chi connectivity index (χ2v) is 6.19. The first-order valence-electron chi connectivity index (χ1n) is 7.65. The van der Waals surface area contributed by atoms with Gasteiger partial charge in [-0.1, -0.05) is 11.6 Å². The lowest BCUT2D eigenvalue weighted by molar-refractivity contribution is -0.195. The van der Waals surface area contributed by atoms with Crippen molar-refractivity contribution in [3.63, 3.8) is 0 Å². The molecule has 1 unspecified atom stereocenters. The molecule has 1 saturated heterocycles. The predicted octanol–water partition coefficient (Wildman–Crippen LogP) is 0.567. The Labute approximate surface area is 122 Å². The fourth-order valence-electron chi connectivity index (χ4n) is 2.98. The third-order valence-corrected chi connectivity index (χ3v) is 4.26. The number of hydrogen-bond donors (Lipinski definition) is 1. The summed E-state index contributed by atoms with van der Waals surface area (Å²) in [6.07, 6.45) is 4.97. The molecular formula is C15H29N3O2. The summed E-state index contributed by atoms with van der Waals surface area (Å²) in [6, 6.07) is 0.373. The van der Waals surface area contributed by atoms with Crippen molar-refractivity contribution in [3.05, 3.63) is 11.6 Å². The van der Waals surface area contributed by atoms with Gasteiger partial charge in [-0.05, 0) is 40.4 Å². The van der Waals surface area contributed by atoms with Gasteiger partial charge < -0.3 is 19.6 Å². The first-order valence-corrected chi connectivity index (χ1v) is 7.65. The number of aliphatic hydroxyl groups excluding tert-OH is 1. The summed E-state index contributed by atoms with van der Waals surface area (Å²) >= 11 is 0. The van der Waals surface area contributed by atoms with Gasteiger partial charge in [-0.15, -0.1) is 0 Å². The summed E-state index contributed by atoms with van der Waals surface area (Å²) in [5, 5.41) is 10.3. The molecule has 0 saturated carbocycles. The van der Waals surface area contributed by atoms with Gasteiger partial charge in [0.2, 0.25) is 6.41 Å². The maximum Gasteiger partial charge on any atom is 0.216 e. The van der Waals surface area contributed by atoms with Gasteiger partial charge in [-0.2, -0.15) is 0 Å². The molecule has 2 aliphatic heterocycles. The standard InChI is InChI=1S/C15H29N3O2/c1-16(2)11-12-20-15(19)18-8-4-5-14(18)13-6-9-17(3)10-7-13/h6,14-15,19H,4-5,7-12H2,1-3H3/t14-,15?/m0/s1. The van der Waals surface area contributed by atoms with Gasteiger partial charge in [0.1, 0.15) is 0 Å². The first-order chi connectivity index (χ1) is 9.58. The van der Waals surface area contributed by atoms with Gasteiger partial charge in [-0.3, -0.25) is 0 Å². The Bertz CT molecular complexity index is 333. The van der Waals surface area contributed by atoms with Gasteiger partial charge in [0, 0.05) is 32.2 Å². The van der Waals surface area contributed by atoms with Crippen LogP contribution in [0.5, 0.6) is 0 Å². The van der Waals surface area contributed by atoms with E-state index in [1.165, 1.54) is 5.57 Å². The fourth-order valence-corrected chi connectivity index (χ4v) is 2.98. The SMILES string of the molecule is CN(C)CCOC(O)N1CCC[C@H]1C1=CCN(C)CC1. The van der Waals surface area contributed by atoms with Crippen molar-refractivity contribution >= 4 is 0 Å². The molecule has 2 aliphatic rings. The van der Waals surface area contributed by atoms with E-state index in [1.807, 2.05) is 14.1 Å². The monoisotopic (exact) mass is 283 g/mol. The molecule has 1 fully saturated rings. The molecule has 5 nitrogen and oxygen atoms in total. The van der Waals surface area contributed by atoms with E-state index in [0.717, 1.165) is 45.4 Å². The van der Waals surface area contributed by atoms with Crippen molar-refractivity contribution in [2.45, 2.75) is 31.7 Å². The van der Waals surface area contributed by atoms with Crippen molar-refractivity contribution in [2.24, 2.45) is 0 Å². The van der Waals surface area contributed by atoms with Crippen LogP contribution in [0.25, 0.3) is 0 Å². The summed E-state index contributed by atoms with van der Waals surface area (Å²) in [5.74, 6) is 0. The Morgan fingerprint density at radius 1 is 1.45 bits per heavy atom. The van der Waals surface area contributed by atoms with Crippen LogP contribution in [0.1, 0.15) is 19.3 Å². The van der Waals surface area contributed by atoms with Crippen LogP contribution in [0, 0.1) is 0 Å². The minimum absolute atomic E-state index is 0.373. The van der Waals surface area contributed by atoms with E-state index in [2.05, 4.69) is 27.8 Å². The largest absolute Gasteiger partial charge is 0.356 e. The van der Waals surface area contributed by atoms with Gasteiger partial charge in [0.15, 0.2) is 0 Å². The van der Waals surface area contributed by atoms with Crippen LogP contribution in [0.15, 0.2) is 11.6 Å². The minimum Gasteiger partial charge on any atom is -0.356 e. The van der Waals surface area contributed by atoms with Crippen LogP contribution in [-0.2, 0) is 4.74 Å². The average molecular weight is 283 g/mol. The van der Waals surface area contributed by atoms with Crippen molar-refractivity contribution in [1.29, 1.82) is 0 Å². The smallest absolute Gasteiger partial charge is 0.216 e. The zero-order chi connectivity index (χ0) is 14.5. The summed E-state index contributed by atoms with van der Waals surface area (Å²) < 4.78 is 5.58. The second kappa shape index (κ2) is 7.52. The number of nitrogens with zero attached hydrogens (tertiary/aromatic N) is 3. The zero-order valence-corrected chi connectivity index (χ0v) is 13.1. The van der Waals surface area contributed by atoms with Crippen LogP contribution in [0.2, 0.25) is 0 Å². The van der Waals surface area contributed by atoms with E-state index in [9.17, 15) is 5.11 Å². The number of ether oxygens (including phenoxy) is 1.